The largest absolute Gasteiger partial charge is 0.396 e. The highest BCUT2D eigenvalue weighted by molar-refractivity contribution is 4.85. The predicted octanol–water partition coefficient (Wildman–Crippen LogP) is 0.830. The topological polar surface area (TPSA) is 55.7 Å². The number of rotatable bonds is 8. The minimum Gasteiger partial charge on any atom is -0.396 e. The van der Waals surface area contributed by atoms with Crippen LogP contribution in [0.4, 0.5) is 0 Å². The van der Waals surface area contributed by atoms with Crippen LogP contribution < -0.4 is 5.32 Å². The molecule has 0 aromatic carbocycles. The van der Waals surface area contributed by atoms with Crippen molar-refractivity contribution in [1.29, 1.82) is 0 Å². The molecular formula is C14H30N2O2. The monoisotopic (exact) mass is 258 g/mol. The number of aliphatic hydroxyl groups is 2. The molecule has 1 heterocycles. The number of aliphatic hydroxyl groups excluding tert-OH is 2. The minimum absolute atomic E-state index is 0.209. The van der Waals surface area contributed by atoms with Crippen LogP contribution in [0.2, 0.25) is 0 Å². The highest BCUT2D eigenvalue weighted by Crippen LogP contribution is 2.23. The lowest BCUT2D eigenvalue weighted by molar-refractivity contribution is 0.0927. The van der Waals surface area contributed by atoms with Crippen LogP contribution in [0, 0.1) is 5.92 Å². The summed E-state index contributed by atoms with van der Waals surface area (Å²) in [5, 5.41) is 21.3. The van der Waals surface area contributed by atoms with Crippen molar-refractivity contribution in [3.63, 3.8) is 0 Å². The normalized spacial score (nSPS) is 27.3. The molecule has 0 amide bonds. The van der Waals surface area contributed by atoms with Crippen molar-refractivity contribution >= 4 is 0 Å². The van der Waals surface area contributed by atoms with Gasteiger partial charge in [0.15, 0.2) is 0 Å². The molecule has 0 saturated carbocycles. The second kappa shape index (κ2) is 8.86. The summed E-state index contributed by atoms with van der Waals surface area (Å²) >= 11 is 0. The zero-order valence-electron chi connectivity index (χ0n) is 11.9. The Morgan fingerprint density at radius 1 is 1.28 bits per heavy atom. The van der Waals surface area contributed by atoms with Crippen LogP contribution in [0.1, 0.15) is 39.5 Å². The van der Waals surface area contributed by atoms with Gasteiger partial charge >= 0.3 is 0 Å². The van der Waals surface area contributed by atoms with Crippen LogP contribution in [-0.2, 0) is 0 Å². The third-order valence-electron chi connectivity index (χ3n) is 4.09. The number of likely N-dealkylation sites (tertiary alicyclic amines) is 1. The summed E-state index contributed by atoms with van der Waals surface area (Å²) in [4.78, 5) is 2.56. The lowest BCUT2D eigenvalue weighted by Crippen LogP contribution is -2.52. The summed E-state index contributed by atoms with van der Waals surface area (Å²) in [6.45, 7) is 7.97. The van der Waals surface area contributed by atoms with E-state index in [0.29, 0.717) is 31.2 Å². The van der Waals surface area contributed by atoms with E-state index in [1.807, 2.05) is 0 Å². The molecule has 1 saturated heterocycles. The Morgan fingerprint density at radius 3 is 2.67 bits per heavy atom. The summed E-state index contributed by atoms with van der Waals surface area (Å²) < 4.78 is 0. The van der Waals surface area contributed by atoms with Crippen molar-refractivity contribution in [1.82, 2.24) is 10.2 Å². The lowest BCUT2D eigenvalue weighted by Gasteiger charge is -2.41. The van der Waals surface area contributed by atoms with E-state index in [1.165, 1.54) is 12.8 Å². The Bertz CT molecular complexity index is 198. The summed E-state index contributed by atoms with van der Waals surface area (Å²) in [6, 6.07) is 1.11. The van der Waals surface area contributed by atoms with Gasteiger partial charge in [0.05, 0.1) is 6.61 Å². The summed E-state index contributed by atoms with van der Waals surface area (Å²) in [7, 11) is 0. The first-order chi connectivity index (χ1) is 8.71. The molecule has 1 aliphatic rings. The Labute approximate surface area is 111 Å². The molecule has 0 aromatic heterocycles. The summed E-state index contributed by atoms with van der Waals surface area (Å²) in [5.74, 6) is 0.677. The van der Waals surface area contributed by atoms with Crippen LogP contribution in [0.5, 0.6) is 0 Å². The van der Waals surface area contributed by atoms with Crippen LogP contribution in [0.25, 0.3) is 0 Å². The number of hydrogen-bond donors (Lipinski definition) is 3. The Kier molecular flexibility index (Phi) is 7.82. The molecule has 3 N–H and O–H groups in total. The SMILES string of the molecule is CCC(C)N1CC(CCCO)CC(NCCO)C1. The maximum atomic E-state index is 8.96. The first-order valence-electron chi connectivity index (χ1n) is 7.40. The van der Waals surface area contributed by atoms with Gasteiger partial charge in [-0.05, 0) is 38.5 Å². The van der Waals surface area contributed by atoms with Crippen LogP contribution >= 0.6 is 0 Å². The summed E-state index contributed by atoms with van der Waals surface area (Å²) in [6.07, 6.45) is 4.37. The molecule has 0 aliphatic carbocycles. The standard InChI is InChI=1S/C14H30N2O2/c1-3-12(2)16-10-13(5-4-7-17)9-14(11-16)15-6-8-18/h12-15,17-18H,3-11H2,1-2H3. The molecule has 1 fully saturated rings. The Morgan fingerprint density at radius 2 is 2.06 bits per heavy atom. The first-order valence-corrected chi connectivity index (χ1v) is 7.40. The second-order valence-corrected chi connectivity index (χ2v) is 5.55. The third-order valence-corrected chi connectivity index (χ3v) is 4.09. The van der Waals surface area contributed by atoms with Gasteiger partial charge in [-0.1, -0.05) is 6.92 Å². The van der Waals surface area contributed by atoms with Crippen molar-refractivity contribution in [3.05, 3.63) is 0 Å². The number of nitrogens with zero attached hydrogens (tertiary/aromatic N) is 1. The van der Waals surface area contributed by atoms with Gasteiger partial charge in [-0.25, -0.2) is 0 Å². The van der Waals surface area contributed by atoms with Gasteiger partial charge in [0.25, 0.3) is 0 Å². The Balaban J connectivity index is 2.48. The molecule has 0 bridgehead atoms. The van der Waals surface area contributed by atoms with Gasteiger partial charge in [-0.2, -0.15) is 0 Å². The smallest absolute Gasteiger partial charge is 0.0556 e. The maximum Gasteiger partial charge on any atom is 0.0556 e. The molecule has 0 spiro atoms. The minimum atomic E-state index is 0.209. The first kappa shape index (κ1) is 15.9. The van der Waals surface area contributed by atoms with Gasteiger partial charge in [0.2, 0.25) is 0 Å². The second-order valence-electron chi connectivity index (χ2n) is 5.55. The quantitative estimate of drug-likeness (QED) is 0.604. The van der Waals surface area contributed by atoms with Gasteiger partial charge < -0.3 is 15.5 Å². The number of nitrogens with one attached hydrogen (secondary N) is 1. The van der Waals surface area contributed by atoms with E-state index < -0.39 is 0 Å². The fourth-order valence-electron chi connectivity index (χ4n) is 2.86. The van der Waals surface area contributed by atoms with E-state index >= 15 is 0 Å². The molecule has 0 aromatic rings. The van der Waals surface area contributed by atoms with Crippen molar-refractivity contribution < 1.29 is 10.2 Å². The number of piperidine rings is 1. The van der Waals surface area contributed by atoms with E-state index in [2.05, 4.69) is 24.1 Å². The van der Waals surface area contributed by atoms with Crippen LogP contribution in [0.15, 0.2) is 0 Å². The molecule has 18 heavy (non-hydrogen) atoms. The molecule has 0 radical (unpaired) electrons. The molecule has 4 nitrogen and oxygen atoms in total. The van der Waals surface area contributed by atoms with E-state index in [0.717, 1.165) is 25.9 Å². The zero-order chi connectivity index (χ0) is 13.4. The fourth-order valence-corrected chi connectivity index (χ4v) is 2.86. The maximum absolute atomic E-state index is 8.96. The van der Waals surface area contributed by atoms with Gasteiger partial charge in [-0.15, -0.1) is 0 Å². The van der Waals surface area contributed by atoms with E-state index in [1.54, 1.807) is 0 Å². The van der Waals surface area contributed by atoms with Crippen LogP contribution in [0.3, 0.4) is 0 Å². The average Bonchev–Trinajstić information content (AvgIpc) is 2.41. The molecular weight excluding hydrogens is 228 g/mol. The van der Waals surface area contributed by atoms with E-state index in [4.69, 9.17) is 10.2 Å². The molecule has 108 valence electrons. The Hall–Kier alpha value is -0.160. The van der Waals surface area contributed by atoms with Crippen molar-refractivity contribution in [2.24, 2.45) is 5.92 Å². The lowest BCUT2D eigenvalue weighted by atomic mass is 9.89. The van der Waals surface area contributed by atoms with Crippen LogP contribution in [-0.4, -0.2) is 60.0 Å². The third kappa shape index (κ3) is 5.22. The van der Waals surface area contributed by atoms with Gasteiger partial charge in [0, 0.05) is 38.3 Å². The molecule has 1 rings (SSSR count). The van der Waals surface area contributed by atoms with E-state index in [-0.39, 0.29) is 6.61 Å². The highest BCUT2D eigenvalue weighted by Gasteiger charge is 2.28. The van der Waals surface area contributed by atoms with Gasteiger partial charge in [0.1, 0.15) is 0 Å². The molecule has 4 heteroatoms. The van der Waals surface area contributed by atoms with Crippen molar-refractivity contribution in [3.8, 4) is 0 Å². The molecule has 1 aliphatic heterocycles. The number of hydrogen-bond acceptors (Lipinski definition) is 4. The van der Waals surface area contributed by atoms with E-state index in [9.17, 15) is 0 Å². The average molecular weight is 258 g/mol. The van der Waals surface area contributed by atoms with Crippen molar-refractivity contribution in [2.45, 2.75) is 51.6 Å². The predicted molar refractivity (Wildman–Crippen MR) is 74.6 cm³/mol. The molecule has 3 unspecified atom stereocenters. The zero-order valence-corrected chi connectivity index (χ0v) is 11.9. The highest BCUT2D eigenvalue weighted by atomic mass is 16.3. The summed E-state index contributed by atoms with van der Waals surface area (Å²) in [5.41, 5.74) is 0. The molecule has 3 atom stereocenters. The van der Waals surface area contributed by atoms with Crippen molar-refractivity contribution in [2.75, 3.05) is 32.8 Å². The van der Waals surface area contributed by atoms with Gasteiger partial charge in [-0.3, -0.25) is 4.90 Å². The fraction of sp³-hybridized carbons (Fsp3) is 1.00.